The van der Waals surface area contributed by atoms with Crippen LogP contribution in [0.5, 0.6) is 11.5 Å². The van der Waals surface area contributed by atoms with Crippen molar-refractivity contribution in [3.8, 4) is 11.5 Å². The SMILES string of the molecule is COc1ccc(CN2CCC[C@H]2CO)c(OC)c1. The Labute approximate surface area is 108 Å². The maximum absolute atomic E-state index is 9.33. The van der Waals surface area contributed by atoms with Gasteiger partial charge >= 0.3 is 0 Å². The van der Waals surface area contributed by atoms with Crippen LogP contribution in [0.1, 0.15) is 18.4 Å². The third kappa shape index (κ3) is 2.76. The fourth-order valence-electron chi connectivity index (χ4n) is 2.51. The lowest BCUT2D eigenvalue weighted by atomic mass is 10.1. The molecule has 1 aromatic carbocycles. The number of aliphatic hydroxyl groups is 1. The Kier molecular flexibility index (Phi) is 4.44. The summed E-state index contributed by atoms with van der Waals surface area (Å²) in [6.07, 6.45) is 2.23. The van der Waals surface area contributed by atoms with Gasteiger partial charge in [-0.05, 0) is 25.5 Å². The van der Waals surface area contributed by atoms with E-state index in [1.165, 1.54) is 0 Å². The minimum absolute atomic E-state index is 0.235. The molecule has 18 heavy (non-hydrogen) atoms. The Balaban J connectivity index is 2.13. The molecule has 2 rings (SSSR count). The summed E-state index contributed by atoms with van der Waals surface area (Å²) in [5.74, 6) is 1.65. The van der Waals surface area contributed by atoms with Crippen LogP contribution in [0, 0.1) is 0 Å². The molecular weight excluding hydrogens is 230 g/mol. The minimum atomic E-state index is 0.235. The molecule has 0 spiro atoms. The summed E-state index contributed by atoms with van der Waals surface area (Å²) in [7, 11) is 3.32. The summed E-state index contributed by atoms with van der Waals surface area (Å²) < 4.78 is 10.6. The van der Waals surface area contributed by atoms with Crippen molar-refractivity contribution in [2.45, 2.75) is 25.4 Å². The van der Waals surface area contributed by atoms with Crippen LogP contribution in [0.15, 0.2) is 18.2 Å². The molecular formula is C14H21NO3. The van der Waals surface area contributed by atoms with Crippen LogP contribution in [-0.4, -0.2) is 43.4 Å². The minimum Gasteiger partial charge on any atom is -0.497 e. The van der Waals surface area contributed by atoms with Gasteiger partial charge in [-0.3, -0.25) is 4.90 Å². The zero-order chi connectivity index (χ0) is 13.0. The molecule has 1 fully saturated rings. The molecule has 4 nitrogen and oxygen atoms in total. The topological polar surface area (TPSA) is 41.9 Å². The third-order valence-electron chi connectivity index (χ3n) is 3.58. The third-order valence-corrected chi connectivity index (χ3v) is 3.58. The number of likely N-dealkylation sites (tertiary alicyclic amines) is 1. The van der Waals surface area contributed by atoms with Crippen LogP contribution in [-0.2, 0) is 6.54 Å². The van der Waals surface area contributed by atoms with E-state index in [0.717, 1.165) is 43.0 Å². The Morgan fingerprint density at radius 1 is 1.33 bits per heavy atom. The van der Waals surface area contributed by atoms with Crippen molar-refractivity contribution < 1.29 is 14.6 Å². The smallest absolute Gasteiger partial charge is 0.127 e. The second kappa shape index (κ2) is 6.07. The lowest BCUT2D eigenvalue weighted by Gasteiger charge is -2.23. The summed E-state index contributed by atoms with van der Waals surface area (Å²) in [6, 6.07) is 6.17. The highest BCUT2D eigenvalue weighted by Gasteiger charge is 2.24. The van der Waals surface area contributed by atoms with Crippen LogP contribution in [0.25, 0.3) is 0 Å². The second-order valence-electron chi connectivity index (χ2n) is 4.63. The number of rotatable bonds is 5. The van der Waals surface area contributed by atoms with E-state index in [1.54, 1.807) is 14.2 Å². The van der Waals surface area contributed by atoms with Crippen molar-refractivity contribution in [1.29, 1.82) is 0 Å². The predicted molar refractivity (Wildman–Crippen MR) is 70.1 cm³/mol. The molecule has 0 radical (unpaired) electrons. The normalized spacial score (nSPS) is 20.1. The van der Waals surface area contributed by atoms with Crippen LogP contribution in [0.4, 0.5) is 0 Å². The molecule has 1 aliphatic heterocycles. The largest absolute Gasteiger partial charge is 0.497 e. The number of ether oxygens (including phenoxy) is 2. The average molecular weight is 251 g/mol. The van der Waals surface area contributed by atoms with Gasteiger partial charge in [-0.25, -0.2) is 0 Å². The van der Waals surface area contributed by atoms with Crippen molar-refractivity contribution >= 4 is 0 Å². The molecule has 0 amide bonds. The van der Waals surface area contributed by atoms with Crippen LogP contribution < -0.4 is 9.47 Å². The highest BCUT2D eigenvalue weighted by Crippen LogP contribution is 2.28. The second-order valence-corrected chi connectivity index (χ2v) is 4.63. The molecule has 4 heteroatoms. The maximum atomic E-state index is 9.33. The van der Waals surface area contributed by atoms with E-state index in [9.17, 15) is 5.11 Å². The fourth-order valence-corrected chi connectivity index (χ4v) is 2.51. The Bertz CT molecular complexity index is 395. The number of methoxy groups -OCH3 is 2. The summed E-state index contributed by atoms with van der Waals surface area (Å²) in [5, 5.41) is 9.33. The fraction of sp³-hybridized carbons (Fsp3) is 0.571. The maximum Gasteiger partial charge on any atom is 0.127 e. The van der Waals surface area contributed by atoms with E-state index >= 15 is 0 Å². The first-order valence-electron chi connectivity index (χ1n) is 6.34. The zero-order valence-corrected chi connectivity index (χ0v) is 11.1. The molecule has 1 aromatic rings. The van der Waals surface area contributed by atoms with Gasteiger partial charge < -0.3 is 14.6 Å². The first-order valence-corrected chi connectivity index (χ1v) is 6.34. The number of benzene rings is 1. The van der Waals surface area contributed by atoms with Crippen molar-refractivity contribution in [2.75, 3.05) is 27.4 Å². The Hall–Kier alpha value is -1.26. The van der Waals surface area contributed by atoms with E-state index in [2.05, 4.69) is 4.90 Å². The van der Waals surface area contributed by atoms with Gasteiger partial charge in [0.05, 0.1) is 20.8 Å². The number of aliphatic hydroxyl groups excluding tert-OH is 1. The molecule has 1 atom stereocenters. The van der Waals surface area contributed by atoms with Gasteiger partial charge in [0.2, 0.25) is 0 Å². The van der Waals surface area contributed by atoms with Crippen molar-refractivity contribution in [3.63, 3.8) is 0 Å². The van der Waals surface area contributed by atoms with Crippen molar-refractivity contribution in [1.82, 2.24) is 4.90 Å². The quantitative estimate of drug-likeness (QED) is 0.864. The summed E-state index contributed by atoms with van der Waals surface area (Å²) in [5.41, 5.74) is 1.14. The van der Waals surface area contributed by atoms with Gasteiger partial charge in [-0.15, -0.1) is 0 Å². The molecule has 1 aliphatic rings. The molecule has 1 N–H and O–H groups in total. The van der Waals surface area contributed by atoms with Gasteiger partial charge in [-0.1, -0.05) is 6.07 Å². The molecule has 0 unspecified atom stereocenters. The molecule has 0 bridgehead atoms. The van der Waals surface area contributed by atoms with Gasteiger partial charge in [0.25, 0.3) is 0 Å². The van der Waals surface area contributed by atoms with Crippen molar-refractivity contribution in [2.24, 2.45) is 0 Å². The molecule has 0 aromatic heterocycles. The molecule has 1 heterocycles. The Morgan fingerprint density at radius 3 is 2.83 bits per heavy atom. The molecule has 1 saturated heterocycles. The van der Waals surface area contributed by atoms with Gasteiger partial charge in [0.1, 0.15) is 11.5 Å². The number of nitrogens with zero attached hydrogens (tertiary/aromatic N) is 1. The van der Waals surface area contributed by atoms with Gasteiger partial charge in [0.15, 0.2) is 0 Å². The number of hydrogen-bond acceptors (Lipinski definition) is 4. The standard InChI is InChI=1S/C14H21NO3/c1-17-13-6-5-11(14(8-13)18-2)9-15-7-3-4-12(15)10-16/h5-6,8,12,16H,3-4,7,9-10H2,1-2H3/t12-/m0/s1. The van der Waals surface area contributed by atoms with Crippen LogP contribution in [0.2, 0.25) is 0 Å². The first-order chi connectivity index (χ1) is 8.78. The van der Waals surface area contributed by atoms with Gasteiger partial charge in [-0.2, -0.15) is 0 Å². The van der Waals surface area contributed by atoms with E-state index in [1.807, 2.05) is 18.2 Å². The van der Waals surface area contributed by atoms with E-state index < -0.39 is 0 Å². The molecule has 100 valence electrons. The summed E-state index contributed by atoms with van der Waals surface area (Å²) in [6.45, 7) is 2.09. The van der Waals surface area contributed by atoms with E-state index in [4.69, 9.17) is 9.47 Å². The van der Waals surface area contributed by atoms with E-state index in [-0.39, 0.29) is 12.6 Å². The Morgan fingerprint density at radius 2 is 2.17 bits per heavy atom. The first kappa shape index (κ1) is 13.2. The van der Waals surface area contributed by atoms with Crippen LogP contribution in [0.3, 0.4) is 0 Å². The zero-order valence-electron chi connectivity index (χ0n) is 11.1. The monoisotopic (exact) mass is 251 g/mol. The lowest BCUT2D eigenvalue weighted by Crippen LogP contribution is -2.31. The predicted octanol–water partition coefficient (Wildman–Crippen LogP) is 1.66. The highest BCUT2D eigenvalue weighted by atomic mass is 16.5. The molecule has 0 aliphatic carbocycles. The summed E-state index contributed by atoms with van der Waals surface area (Å²) >= 11 is 0. The van der Waals surface area contributed by atoms with E-state index in [0.29, 0.717) is 0 Å². The summed E-state index contributed by atoms with van der Waals surface area (Å²) in [4.78, 5) is 2.31. The average Bonchev–Trinajstić information content (AvgIpc) is 2.86. The lowest BCUT2D eigenvalue weighted by molar-refractivity contribution is 0.152. The van der Waals surface area contributed by atoms with Crippen LogP contribution >= 0.6 is 0 Å². The molecule has 0 saturated carbocycles. The van der Waals surface area contributed by atoms with Gasteiger partial charge in [0, 0.05) is 24.2 Å². The highest BCUT2D eigenvalue weighted by molar-refractivity contribution is 5.40. The number of hydrogen-bond donors (Lipinski definition) is 1. The van der Waals surface area contributed by atoms with Crippen molar-refractivity contribution in [3.05, 3.63) is 23.8 Å².